The van der Waals surface area contributed by atoms with Gasteiger partial charge in [0.05, 0.1) is 5.56 Å². The van der Waals surface area contributed by atoms with Crippen molar-refractivity contribution in [2.45, 2.75) is 33.3 Å². The molecule has 5 heteroatoms. The summed E-state index contributed by atoms with van der Waals surface area (Å²) < 4.78 is 10.6. The molecule has 2 aromatic rings. The van der Waals surface area contributed by atoms with E-state index in [1.807, 2.05) is 26.8 Å². The average molecular weight is 260 g/mol. The number of nitrogens with zero attached hydrogens (tertiary/aromatic N) is 2. The summed E-state index contributed by atoms with van der Waals surface area (Å²) in [6, 6.07) is 5.42. The molecule has 19 heavy (non-hydrogen) atoms. The highest BCUT2D eigenvalue weighted by molar-refractivity contribution is 5.79. The molecule has 100 valence electrons. The monoisotopic (exact) mass is 260 g/mol. The van der Waals surface area contributed by atoms with Gasteiger partial charge in [0, 0.05) is 5.92 Å². The second-order valence-electron chi connectivity index (χ2n) is 4.65. The Hall–Kier alpha value is -2.17. The van der Waals surface area contributed by atoms with Crippen LogP contribution in [0.15, 0.2) is 22.7 Å². The SMILES string of the molecule is Cc1ccc(OCc2nc(C(C)C)no2)c(C=O)c1. The highest BCUT2D eigenvalue weighted by Gasteiger charge is 2.11. The van der Waals surface area contributed by atoms with Crippen LogP contribution in [0.3, 0.4) is 0 Å². The van der Waals surface area contributed by atoms with Crippen LogP contribution in [0.1, 0.15) is 47.4 Å². The van der Waals surface area contributed by atoms with E-state index in [1.165, 1.54) is 0 Å². The normalized spacial score (nSPS) is 10.7. The van der Waals surface area contributed by atoms with Crippen molar-refractivity contribution in [2.24, 2.45) is 0 Å². The van der Waals surface area contributed by atoms with Gasteiger partial charge in [0.2, 0.25) is 0 Å². The molecule has 0 bridgehead atoms. The minimum Gasteiger partial charge on any atom is -0.483 e. The zero-order chi connectivity index (χ0) is 13.8. The predicted molar refractivity (Wildman–Crippen MR) is 69.3 cm³/mol. The van der Waals surface area contributed by atoms with Crippen LogP contribution in [-0.2, 0) is 6.61 Å². The molecule has 0 aliphatic rings. The Bertz CT molecular complexity index is 576. The molecule has 5 nitrogen and oxygen atoms in total. The number of carbonyl (C=O) groups excluding carboxylic acids is 1. The fourth-order valence-electron chi connectivity index (χ4n) is 1.59. The van der Waals surface area contributed by atoms with Gasteiger partial charge in [-0.15, -0.1) is 0 Å². The topological polar surface area (TPSA) is 65.2 Å². The van der Waals surface area contributed by atoms with Crippen molar-refractivity contribution < 1.29 is 14.1 Å². The number of benzene rings is 1. The molecule has 0 amide bonds. The number of ether oxygens (including phenoxy) is 1. The van der Waals surface area contributed by atoms with E-state index < -0.39 is 0 Å². The molecule has 1 heterocycles. The largest absolute Gasteiger partial charge is 0.483 e. The zero-order valence-corrected chi connectivity index (χ0v) is 11.2. The Morgan fingerprint density at radius 1 is 1.42 bits per heavy atom. The maximum absolute atomic E-state index is 11.0. The molecular formula is C14H16N2O3. The van der Waals surface area contributed by atoms with Crippen molar-refractivity contribution in [3.63, 3.8) is 0 Å². The average Bonchev–Trinajstić information content (AvgIpc) is 2.86. The Labute approximate surface area is 111 Å². The number of hydrogen-bond donors (Lipinski definition) is 0. The molecule has 0 saturated carbocycles. The van der Waals surface area contributed by atoms with E-state index in [0.29, 0.717) is 23.0 Å². The smallest absolute Gasteiger partial charge is 0.264 e. The molecule has 0 radical (unpaired) electrons. The van der Waals surface area contributed by atoms with Gasteiger partial charge in [-0.05, 0) is 19.1 Å². The molecule has 0 spiro atoms. The van der Waals surface area contributed by atoms with Gasteiger partial charge in [0.15, 0.2) is 18.7 Å². The first kappa shape index (κ1) is 13.3. The van der Waals surface area contributed by atoms with Crippen LogP contribution >= 0.6 is 0 Å². The third kappa shape index (κ3) is 3.19. The fraction of sp³-hybridized carbons (Fsp3) is 0.357. The zero-order valence-electron chi connectivity index (χ0n) is 11.2. The molecule has 0 fully saturated rings. The summed E-state index contributed by atoms with van der Waals surface area (Å²) in [7, 11) is 0. The number of hydrogen-bond acceptors (Lipinski definition) is 5. The molecule has 1 aromatic heterocycles. The van der Waals surface area contributed by atoms with E-state index in [4.69, 9.17) is 9.26 Å². The lowest BCUT2D eigenvalue weighted by Gasteiger charge is -2.06. The van der Waals surface area contributed by atoms with Gasteiger partial charge in [0.1, 0.15) is 5.75 Å². The van der Waals surface area contributed by atoms with E-state index in [9.17, 15) is 4.79 Å². The second-order valence-corrected chi connectivity index (χ2v) is 4.65. The fourth-order valence-corrected chi connectivity index (χ4v) is 1.59. The van der Waals surface area contributed by atoms with Gasteiger partial charge in [-0.2, -0.15) is 4.98 Å². The summed E-state index contributed by atoms with van der Waals surface area (Å²) in [5.41, 5.74) is 1.53. The maximum Gasteiger partial charge on any atom is 0.264 e. The van der Waals surface area contributed by atoms with E-state index in [2.05, 4.69) is 10.1 Å². The van der Waals surface area contributed by atoms with Crippen LogP contribution in [-0.4, -0.2) is 16.4 Å². The number of aryl methyl sites for hydroxylation is 1. The molecule has 0 saturated heterocycles. The van der Waals surface area contributed by atoms with Gasteiger partial charge in [-0.25, -0.2) is 0 Å². The van der Waals surface area contributed by atoms with Crippen molar-refractivity contribution in [3.05, 3.63) is 41.0 Å². The van der Waals surface area contributed by atoms with Crippen molar-refractivity contribution in [3.8, 4) is 5.75 Å². The molecule has 0 atom stereocenters. The predicted octanol–water partition coefficient (Wildman–Crippen LogP) is 2.89. The van der Waals surface area contributed by atoms with E-state index in [-0.39, 0.29) is 12.5 Å². The van der Waals surface area contributed by atoms with Crippen LogP contribution in [0, 0.1) is 6.92 Å². The van der Waals surface area contributed by atoms with Crippen LogP contribution in [0.2, 0.25) is 0 Å². The third-order valence-corrected chi connectivity index (χ3v) is 2.64. The highest BCUT2D eigenvalue weighted by Crippen LogP contribution is 2.19. The summed E-state index contributed by atoms with van der Waals surface area (Å²) in [6.07, 6.45) is 0.774. The first-order valence-corrected chi connectivity index (χ1v) is 6.11. The minimum atomic E-state index is 0.156. The summed E-state index contributed by atoms with van der Waals surface area (Å²) >= 11 is 0. The van der Waals surface area contributed by atoms with Gasteiger partial charge in [-0.3, -0.25) is 4.79 Å². The highest BCUT2D eigenvalue weighted by atomic mass is 16.5. The van der Waals surface area contributed by atoms with Gasteiger partial charge in [-0.1, -0.05) is 30.6 Å². The third-order valence-electron chi connectivity index (χ3n) is 2.64. The first-order valence-electron chi connectivity index (χ1n) is 6.11. The summed E-state index contributed by atoms with van der Waals surface area (Å²) in [6.45, 7) is 6.05. The standard InChI is InChI=1S/C14H16N2O3/c1-9(2)14-15-13(19-16-14)8-18-12-5-4-10(3)6-11(12)7-17/h4-7,9H,8H2,1-3H3. The Balaban J connectivity index is 2.07. The van der Waals surface area contributed by atoms with Crippen LogP contribution in [0.25, 0.3) is 0 Å². The molecule has 0 aliphatic heterocycles. The molecule has 1 aromatic carbocycles. The van der Waals surface area contributed by atoms with E-state index in [0.717, 1.165) is 11.8 Å². The Kier molecular flexibility index (Phi) is 3.94. The van der Waals surface area contributed by atoms with E-state index in [1.54, 1.807) is 12.1 Å². The quantitative estimate of drug-likeness (QED) is 0.773. The Morgan fingerprint density at radius 2 is 2.21 bits per heavy atom. The van der Waals surface area contributed by atoms with Crippen LogP contribution in [0.4, 0.5) is 0 Å². The summed E-state index contributed by atoms with van der Waals surface area (Å²) in [5.74, 6) is 1.78. The number of rotatable bonds is 5. The molecule has 0 aliphatic carbocycles. The second kappa shape index (κ2) is 5.65. The van der Waals surface area contributed by atoms with Crippen molar-refractivity contribution in [1.82, 2.24) is 10.1 Å². The lowest BCUT2D eigenvalue weighted by molar-refractivity contribution is 0.111. The molecule has 0 unspecified atom stereocenters. The minimum absolute atomic E-state index is 0.156. The lowest BCUT2D eigenvalue weighted by atomic mass is 10.1. The number of aromatic nitrogens is 2. The maximum atomic E-state index is 11.0. The number of aldehydes is 1. The Morgan fingerprint density at radius 3 is 2.84 bits per heavy atom. The van der Waals surface area contributed by atoms with Crippen molar-refractivity contribution >= 4 is 6.29 Å². The van der Waals surface area contributed by atoms with Gasteiger partial charge < -0.3 is 9.26 Å². The van der Waals surface area contributed by atoms with Crippen molar-refractivity contribution in [2.75, 3.05) is 0 Å². The van der Waals surface area contributed by atoms with Crippen LogP contribution < -0.4 is 4.74 Å². The lowest BCUT2D eigenvalue weighted by Crippen LogP contribution is -1.99. The molecule has 0 N–H and O–H groups in total. The van der Waals surface area contributed by atoms with E-state index >= 15 is 0 Å². The molecule has 2 rings (SSSR count). The number of carbonyl (C=O) groups is 1. The molecular weight excluding hydrogens is 244 g/mol. The van der Waals surface area contributed by atoms with Crippen LogP contribution in [0.5, 0.6) is 5.75 Å². The summed E-state index contributed by atoms with van der Waals surface area (Å²) in [5, 5.41) is 3.85. The van der Waals surface area contributed by atoms with Crippen molar-refractivity contribution in [1.29, 1.82) is 0 Å². The summed E-state index contributed by atoms with van der Waals surface area (Å²) in [4.78, 5) is 15.2. The van der Waals surface area contributed by atoms with Gasteiger partial charge >= 0.3 is 0 Å². The first-order chi connectivity index (χ1) is 9.10. The van der Waals surface area contributed by atoms with Gasteiger partial charge in [0.25, 0.3) is 5.89 Å².